The second kappa shape index (κ2) is 7.26. The van der Waals surface area contributed by atoms with E-state index in [-0.39, 0.29) is 23.4 Å². The van der Waals surface area contributed by atoms with Gasteiger partial charge in [0.1, 0.15) is 17.7 Å². The van der Waals surface area contributed by atoms with Gasteiger partial charge < -0.3 is 27.0 Å². The van der Waals surface area contributed by atoms with Crippen LogP contribution in [0.5, 0.6) is 5.75 Å². The van der Waals surface area contributed by atoms with Crippen molar-refractivity contribution in [3.8, 4) is 5.75 Å². The van der Waals surface area contributed by atoms with Crippen molar-refractivity contribution < 1.29 is 9.84 Å². The van der Waals surface area contributed by atoms with Gasteiger partial charge in [-0.1, -0.05) is 42.5 Å². The fraction of sp³-hybridized carbons (Fsp3) is 0.111. The Morgan fingerprint density at radius 2 is 1.61 bits per heavy atom. The van der Waals surface area contributed by atoms with Crippen molar-refractivity contribution in [2.45, 2.75) is 13.0 Å². The summed E-state index contributed by atoms with van der Waals surface area (Å²) in [7, 11) is 0. The summed E-state index contributed by atoms with van der Waals surface area (Å²) in [5.41, 5.74) is 19.2. The number of benzene rings is 2. The molecule has 0 radical (unpaired) electrons. The van der Waals surface area contributed by atoms with Crippen molar-refractivity contribution in [3.05, 3.63) is 83.4 Å². The first kappa shape index (κ1) is 16.3. The quantitative estimate of drug-likeness (QED) is 0.501. The molecule has 0 saturated carbocycles. The first-order valence-electron chi connectivity index (χ1n) is 7.21. The summed E-state index contributed by atoms with van der Waals surface area (Å²) < 4.78 is 5.82. The van der Waals surface area contributed by atoms with Gasteiger partial charge in [-0.3, -0.25) is 0 Å². The van der Waals surface area contributed by atoms with E-state index in [1.165, 1.54) is 6.08 Å². The third-order valence-corrected chi connectivity index (χ3v) is 3.36. The Labute approximate surface area is 135 Å². The molecule has 0 spiro atoms. The predicted octanol–water partition coefficient (Wildman–Crippen LogP) is 2.56. The highest BCUT2D eigenvalue weighted by atomic mass is 16.5. The topological polar surface area (TPSA) is 108 Å². The first-order valence-corrected chi connectivity index (χ1v) is 7.21. The van der Waals surface area contributed by atoms with Gasteiger partial charge in [0, 0.05) is 17.3 Å². The van der Waals surface area contributed by atoms with Crippen LogP contribution in [0.2, 0.25) is 0 Å². The number of phenols is 1. The number of para-hydroxylation sites is 1. The van der Waals surface area contributed by atoms with Crippen LogP contribution in [0, 0.1) is 0 Å². The van der Waals surface area contributed by atoms with Gasteiger partial charge in [-0.05, 0) is 24.6 Å². The van der Waals surface area contributed by atoms with E-state index in [4.69, 9.17) is 21.9 Å². The standard InChI is InChI=1S/C18H21N3O2/c1-12(13-7-3-2-4-8-13)23-17(18(20)21)11-15(19)14-9-5-6-10-16(14)22/h2-12,22H,19-21H2,1H3/b15-11-. The molecule has 2 aromatic rings. The highest BCUT2D eigenvalue weighted by Crippen LogP contribution is 2.25. The highest BCUT2D eigenvalue weighted by molar-refractivity contribution is 5.69. The number of hydrogen-bond donors (Lipinski definition) is 4. The zero-order valence-corrected chi connectivity index (χ0v) is 12.9. The van der Waals surface area contributed by atoms with Gasteiger partial charge in [0.15, 0.2) is 5.76 Å². The van der Waals surface area contributed by atoms with Crippen LogP contribution in [0.3, 0.4) is 0 Å². The molecular formula is C18H21N3O2. The van der Waals surface area contributed by atoms with Gasteiger partial charge >= 0.3 is 0 Å². The molecule has 0 bridgehead atoms. The van der Waals surface area contributed by atoms with Gasteiger partial charge in [-0.15, -0.1) is 0 Å². The monoisotopic (exact) mass is 311 g/mol. The molecule has 1 atom stereocenters. The summed E-state index contributed by atoms with van der Waals surface area (Å²) in [5, 5.41) is 9.85. The molecule has 5 nitrogen and oxygen atoms in total. The van der Waals surface area contributed by atoms with Gasteiger partial charge in [-0.2, -0.15) is 0 Å². The minimum Gasteiger partial charge on any atom is -0.507 e. The molecule has 1 unspecified atom stereocenters. The molecule has 0 heterocycles. The van der Waals surface area contributed by atoms with Crippen molar-refractivity contribution in [2.24, 2.45) is 17.2 Å². The van der Waals surface area contributed by atoms with Crippen LogP contribution < -0.4 is 17.2 Å². The van der Waals surface area contributed by atoms with E-state index in [0.29, 0.717) is 11.3 Å². The van der Waals surface area contributed by atoms with Crippen LogP contribution in [-0.4, -0.2) is 5.11 Å². The lowest BCUT2D eigenvalue weighted by Gasteiger charge is -2.17. The fourth-order valence-electron chi connectivity index (χ4n) is 2.10. The number of aromatic hydroxyl groups is 1. The number of phenolic OH excluding ortho intramolecular Hbond substituents is 1. The lowest BCUT2D eigenvalue weighted by molar-refractivity contribution is 0.140. The molecule has 0 aromatic heterocycles. The van der Waals surface area contributed by atoms with Crippen LogP contribution in [0.1, 0.15) is 24.2 Å². The Bertz CT molecular complexity index is 720. The normalized spacial score (nSPS) is 12.5. The third-order valence-electron chi connectivity index (χ3n) is 3.36. The first-order chi connectivity index (χ1) is 11.0. The molecular weight excluding hydrogens is 290 g/mol. The minimum atomic E-state index is -0.248. The molecule has 0 aliphatic heterocycles. The van der Waals surface area contributed by atoms with Gasteiger partial charge in [0.2, 0.25) is 0 Å². The molecule has 7 N–H and O–H groups in total. The summed E-state index contributed by atoms with van der Waals surface area (Å²) in [5.74, 6) is 0.362. The Balaban J connectivity index is 2.25. The van der Waals surface area contributed by atoms with Crippen molar-refractivity contribution >= 4 is 5.70 Å². The highest BCUT2D eigenvalue weighted by Gasteiger charge is 2.11. The molecule has 0 fully saturated rings. The summed E-state index contributed by atoms with van der Waals surface area (Å²) in [6.45, 7) is 1.89. The maximum Gasteiger partial charge on any atom is 0.161 e. The Morgan fingerprint density at radius 3 is 2.22 bits per heavy atom. The van der Waals surface area contributed by atoms with Crippen LogP contribution in [0.25, 0.3) is 5.70 Å². The van der Waals surface area contributed by atoms with Crippen LogP contribution in [0.4, 0.5) is 0 Å². The number of allylic oxidation sites excluding steroid dienone is 1. The van der Waals surface area contributed by atoms with E-state index >= 15 is 0 Å². The molecule has 0 amide bonds. The number of hydrogen-bond acceptors (Lipinski definition) is 5. The lowest BCUT2D eigenvalue weighted by Crippen LogP contribution is -2.15. The summed E-state index contributed by atoms with van der Waals surface area (Å²) in [6, 6.07) is 16.4. The van der Waals surface area contributed by atoms with Crippen LogP contribution in [-0.2, 0) is 4.74 Å². The van der Waals surface area contributed by atoms with Crippen molar-refractivity contribution in [1.82, 2.24) is 0 Å². The third kappa shape index (κ3) is 4.20. The van der Waals surface area contributed by atoms with Gasteiger partial charge in [-0.25, -0.2) is 0 Å². The van der Waals surface area contributed by atoms with E-state index in [0.717, 1.165) is 5.56 Å². The Kier molecular flexibility index (Phi) is 5.15. The summed E-state index contributed by atoms with van der Waals surface area (Å²) in [6.07, 6.45) is 1.27. The summed E-state index contributed by atoms with van der Waals surface area (Å²) in [4.78, 5) is 0. The number of rotatable bonds is 5. The predicted molar refractivity (Wildman–Crippen MR) is 91.6 cm³/mol. The molecule has 0 saturated heterocycles. The van der Waals surface area contributed by atoms with E-state index in [1.54, 1.807) is 24.3 Å². The van der Waals surface area contributed by atoms with E-state index in [1.807, 2.05) is 37.3 Å². The molecule has 2 rings (SSSR count). The zero-order valence-electron chi connectivity index (χ0n) is 12.9. The zero-order chi connectivity index (χ0) is 16.8. The SMILES string of the molecule is CC(OC(/C=C(\N)c1ccccc1O)=C(N)N)c1ccccc1. The average molecular weight is 311 g/mol. The largest absolute Gasteiger partial charge is 0.507 e. The Hall–Kier alpha value is -3.08. The minimum absolute atomic E-state index is 0.0196. The molecule has 5 heteroatoms. The second-order valence-electron chi connectivity index (χ2n) is 5.11. The van der Waals surface area contributed by atoms with Crippen molar-refractivity contribution in [1.29, 1.82) is 0 Å². The van der Waals surface area contributed by atoms with Crippen LogP contribution >= 0.6 is 0 Å². The maximum absolute atomic E-state index is 9.85. The van der Waals surface area contributed by atoms with Crippen LogP contribution in [0.15, 0.2) is 72.3 Å². The second-order valence-corrected chi connectivity index (χ2v) is 5.11. The maximum atomic E-state index is 9.85. The smallest absolute Gasteiger partial charge is 0.161 e. The lowest BCUT2D eigenvalue weighted by atomic mass is 10.1. The van der Waals surface area contributed by atoms with E-state index < -0.39 is 0 Å². The molecule has 2 aromatic carbocycles. The average Bonchev–Trinajstić information content (AvgIpc) is 2.55. The molecule has 0 aliphatic carbocycles. The number of ether oxygens (including phenoxy) is 1. The van der Waals surface area contributed by atoms with E-state index in [2.05, 4.69) is 0 Å². The van der Waals surface area contributed by atoms with Crippen molar-refractivity contribution in [2.75, 3.05) is 0 Å². The van der Waals surface area contributed by atoms with Gasteiger partial charge in [0.25, 0.3) is 0 Å². The Morgan fingerprint density at radius 1 is 1.00 bits per heavy atom. The molecule has 0 aliphatic rings. The van der Waals surface area contributed by atoms with E-state index in [9.17, 15) is 5.11 Å². The summed E-state index contributed by atoms with van der Waals surface area (Å²) >= 11 is 0. The van der Waals surface area contributed by atoms with Gasteiger partial charge in [0.05, 0.1) is 0 Å². The molecule has 120 valence electrons. The fourth-order valence-corrected chi connectivity index (χ4v) is 2.10. The molecule has 23 heavy (non-hydrogen) atoms. The van der Waals surface area contributed by atoms with Crippen molar-refractivity contribution in [3.63, 3.8) is 0 Å². The number of nitrogens with two attached hydrogens (primary N) is 3.